The highest BCUT2D eigenvalue weighted by Crippen LogP contribution is 2.73. The van der Waals surface area contributed by atoms with Gasteiger partial charge in [0.25, 0.3) is 0 Å². The molecule has 4 fully saturated rings. The van der Waals surface area contributed by atoms with Crippen molar-refractivity contribution in [2.75, 3.05) is 13.7 Å². The molecule has 3 aliphatic heterocycles. The average molecular weight is 386 g/mol. The van der Waals surface area contributed by atoms with E-state index in [0.29, 0.717) is 13.2 Å². The summed E-state index contributed by atoms with van der Waals surface area (Å²) in [6.45, 7) is 5.34. The highest BCUT2D eigenvalue weighted by molar-refractivity contribution is 5.30. The van der Waals surface area contributed by atoms with Gasteiger partial charge in [0.05, 0.1) is 32.0 Å². The van der Waals surface area contributed by atoms with E-state index in [1.165, 1.54) is 0 Å². The predicted octanol–water partition coefficient (Wildman–Crippen LogP) is 3.59. The van der Waals surface area contributed by atoms with Crippen LogP contribution in [0.3, 0.4) is 0 Å². The molecule has 1 saturated carbocycles. The maximum Gasteiger partial charge on any atom is 0.168 e. The van der Waals surface area contributed by atoms with Crippen LogP contribution in [0, 0.1) is 10.8 Å². The van der Waals surface area contributed by atoms with Gasteiger partial charge in [0.2, 0.25) is 0 Å². The molecular formula is C23H30O5. The maximum atomic E-state index is 10.4. The van der Waals surface area contributed by atoms with Gasteiger partial charge in [-0.3, -0.25) is 0 Å². The quantitative estimate of drug-likeness (QED) is 0.784. The summed E-state index contributed by atoms with van der Waals surface area (Å²) in [4.78, 5) is 0. The van der Waals surface area contributed by atoms with E-state index in [-0.39, 0.29) is 28.8 Å². The van der Waals surface area contributed by atoms with Crippen molar-refractivity contribution < 1.29 is 24.1 Å². The maximum absolute atomic E-state index is 10.4. The van der Waals surface area contributed by atoms with Crippen molar-refractivity contribution in [1.29, 1.82) is 0 Å². The zero-order valence-corrected chi connectivity index (χ0v) is 16.9. The molecule has 1 N–H and O–H groups in total. The number of hydrogen-bond donors (Lipinski definition) is 1. The highest BCUT2D eigenvalue weighted by atomic mass is 16.7. The summed E-state index contributed by atoms with van der Waals surface area (Å²) in [5.74, 6) is 0.851. The third-order valence-electron chi connectivity index (χ3n) is 7.84. The molecule has 3 saturated heterocycles. The SMILES string of the molecule is COc1ccc(COC[C@@]23C[C@H]4C[C@]2(C)[C@@]2(C=C[C@](C)(O)CC2)[C@H](O4)O3)cc1. The minimum atomic E-state index is -0.737. The van der Waals surface area contributed by atoms with Crippen LogP contribution in [0.2, 0.25) is 0 Å². The molecule has 152 valence electrons. The third kappa shape index (κ3) is 2.46. The molecule has 0 aromatic heterocycles. The predicted molar refractivity (Wildman–Crippen MR) is 104 cm³/mol. The summed E-state index contributed by atoms with van der Waals surface area (Å²) in [5.41, 5.74) is -0.147. The van der Waals surface area contributed by atoms with Crippen LogP contribution in [-0.4, -0.2) is 42.4 Å². The van der Waals surface area contributed by atoms with Crippen molar-refractivity contribution in [2.24, 2.45) is 10.8 Å². The van der Waals surface area contributed by atoms with Crippen molar-refractivity contribution >= 4 is 0 Å². The molecule has 28 heavy (non-hydrogen) atoms. The van der Waals surface area contributed by atoms with E-state index in [1.54, 1.807) is 7.11 Å². The topological polar surface area (TPSA) is 57.2 Å². The van der Waals surface area contributed by atoms with Crippen LogP contribution >= 0.6 is 0 Å². The van der Waals surface area contributed by atoms with Crippen molar-refractivity contribution in [3.8, 4) is 5.75 Å². The van der Waals surface area contributed by atoms with Gasteiger partial charge in [-0.15, -0.1) is 0 Å². The second-order valence-electron chi connectivity index (χ2n) is 9.51. The lowest BCUT2D eigenvalue weighted by molar-refractivity contribution is -0.263. The molecule has 0 unspecified atom stereocenters. The number of benzene rings is 1. The standard InChI is InChI=1S/C23H30O5/c1-20(24)8-10-22(11-9-20)19-27-18-12-21(22,2)23(13-18,28-19)15-26-14-16-4-6-17(25-3)7-5-16/h4-8,10,18-19,24H,9,11-15H2,1-3H3/t18-,19-,20+,21-,22-,23+/m1/s1. The van der Waals surface area contributed by atoms with Gasteiger partial charge in [-0.05, 0) is 43.9 Å². The molecule has 0 radical (unpaired) electrons. The van der Waals surface area contributed by atoms with E-state index >= 15 is 0 Å². The third-order valence-corrected chi connectivity index (χ3v) is 7.84. The smallest absolute Gasteiger partial charge is 0.168 e. The summed E-state index contributed by atoms with van der Waals surface area (Å²) in [6, 6.07) is 7.99. The van der Waals surface area contributed by atoms with Gasteiger partial charge < -0.3 is 24.1 Å². The molecular weight excluding hydrogens is 356 g/mol. The van der Waals surface area contributed by atoms with Crippen molar-refractivity contribution in [1.82, 2.24) is 0 Å². The van der Waals surface area contributed by atoms with E-state index in [1.807, 2.05) is 37.3 Å². The van der Waals surface area contributed by atoms with Crippen molar-refractivity contribution in [3.05, 3.63) is 42.0 Å². The normalized spacial score (nSPS) is 45.9. The van der Waals surface area contributed by atoms with Crippen LogP contribution < -0.4 is 4.74 Å². The summed E-state index contributed by atoms with van der Waals surface area (Å²) in [7, 11) is 1.67. The summed E-state index contributed by atoms with van der Waals surface area (Å²) < 4.78 is 24.3. The molecule has 6 rings (SSSR count). The Morgan fingerprint density at radius 2 is 1.89 bits per heavy atom. The Balaban J connectivity index is 1.35. The molecule has 1 aromatic carbocycles. The molecule has 4 bridgehead atoms. The van der Waals surface area contributed by atoms with Gasteiger partial charge in [0.1, 0.15) is 11.4 Å². The van der Waals surface area contributed by atoms with Gasteiger partial charge >= 0.3 is 0 Å². The van der Waals surface area contributed by atoms with Crippen molar-refractivity contribution in [2.45, 2.75) is 69.7 Å². The lowest BCUT2D eigenvalue weighted by atomic mass is 9.55. The molecule has 6 atom stereocenters. The molecule has 5 nitrogen and oxygen atoms in total. The molecule has 3 heterocycles. The lowest BCUT2D eigenvalue weighted by Gasteiger charge is -2.50. The second-order valence-corrected chi connectivity index (χ2v) is 9.51. The molecule has 1 spiro atoms. The minimum absolute atomic E-state index is 0.0412. The van der Waals surface area contributed by atoms with Gasteiger partial charge in [-0.25, -0.2) is 0 Å². The number of rotatable bonds is 5. The monoisotopic (exact) mass is 386 g/mol. The fraction of sp³-hybridized carbons (Fsp3) is 0.652. The fourth-order valence-corrected chi connectivity index (χ4v) is 6.01. The minimum Gasteiger partial charge on any atom is -0.497 e. The van der Waals surface area contributed by atoms with E-state index < -0.39 is 5.60 Å². The molecule has 5 heteroatoms. The van der Waals surface area contributed by atoms with Crippen LogP contribution in [0.4, 0.5) is 0 Å². The first-order chi connectivity index (χ1) is 13.3. The average Bonchev–Trinajstić information content (AvgIpc) is 2.95. The number of hydrogen-bond acceptors (Lipinski definition) is 5. The summed E-state index contributed by atoms with van der Waals surface area (Å²) in [5, 5.41) is 10.4. The van der Waals surface area contributed by atoms with E-state index in [4.69, 9.17) is 18.9 Å². The van der Waals surface area contributed by atoms with E-state index in [2.05, 4.69) is 13.0 Å². The summed E-state index contributed by atoms with van der Waals surface area (Å²) in [6.07, 6.45) is 7.64. The van der Waals surface area contributed by atoms with E-state index in [0.717, 1.165) is 37.0 Å². The Labute approximate surface area is 166 Å². The van der Waals surface area contributed by atoms with Gasteiger partial charge in [0, 0.05) is 17.3 Å². The van der Waals surface area contributed by atoms with Crippen molar-refractivity contribution in [3.63, 3.8) is 0 Å². The first-order valence-corrected chi connectivity index (χ1v) is 10.3. The zero-order valence-electron chi connectivity index (χ0n) is 16.9. The molecule has 5 aliphatic rings. The first-order valence-electron chi connectivity index (χ1n) is 10.3. The van der Waals surface area contributed by atoms with Gasteiger partial charge in [-0.1, -0.05) is 31.2 Å². The Morgan fingerprint density at radius 1 is 1.11 bits per heavy atom. The molecule has 0 amide bonds. The first kappa shape index (κ1) is 18.6. The number of ether oxygens (including phenoxy) is 4. The van der Waals surface area contributed by atoms with Crippen LogP contribution in [0.15, 0.2) is 36.4 Å². The Morgan fingerprint density at radius 3 is 2.57 bits per heavy atom. The summed E-state index contributed by atoms with van der Waals surface area (Å²) >= 11 is 0. The highest BCUT2D eigenvalue weighted by Gasteiger charge is 2.77. The molecule has 1 aromatic rings. The lowest BCUT2D eigenvalue weighted by Crippen LogP contribution is -2.52. The van der Waals surface area contributed by atoms with Crippen LogP contribution in [0.1, 0.15) is 45.1 Å². The second kappa shape index (κ2) is 6.05. The largest absolute Gasteiger partial charge is 0.497 e. The Hall–Kier alpha value is -1.40. The zero-order chi connectivity index (χ0) is 19.6. The Bertz CT molecular complexity index is 787. The Kier molecular flexibility index (Phi) is 4.02. The fourth-order valence-electron chi connectivity index (χ4n) is 6.01. The van der Waals surface area contributed by atoms with Crippen LogP contribution in [0.5, 0.6) is 5.75 Å². The van der Waals surface area contributed by atoms with E-state index in [9.17, 15) is 5.11 Å². The van der Waals surface area contributed by atoms with Crippen LogP contribution in [0.25, 0.3) is 0 Å². The molecule has 2 aliphatic carbocycles. The van der Waals surface area contributed by atoms with Gasteiger partial charge in [-0.2, -0.15) is 0 Å². The van der Waals surface area contributed by atoms with Crippen LogP contribution in [-0.2, 0) is 20.8 Å². The number of methoxy groups -OCH3 is 1. The number of aliphatic hydroxyl groups is 1. The van der Waals surface area contributed by atoms with Gasteiger partial charge in [0.15, 0.2) is 6.29 Å².